The van der Waals surface area contributed by atoms with E-state index in [1.807, 2.05) is 12.4 Å². The first kappa shape index (κ1) is 25.1. The molecule has 0 spiro atoms. The molecule has 0 unspecified atom stereocenters. The molecule has 1 heterocycles. The van der Waals surface area contributed by atoms with Crippen molar-refractivity contribution >= 4 is 0 Å². The van der Waals surface area contributed by atoms with Crippen molar-refractivity contribution in [1.82, 2.24) is 9.97 Å². The van der Waals surface area contributed by atoms with Crippen molar-refractivity contribution in [3.05, 3.63) is 42.2 Å². The topological polar surface area (TPSA) is 64.5 Å². The first-order chi connectivity index (χ1) is 14.9. The van der Waals surface area contributed by atoms with Crippen LogP contribution in [0.1, 0.15) is 51.0 Å². The fourth-order valence-electron chi connectivity index (χ4n) is 2.99. The van der Waals surface area contributed by atoms with Crippen LogP contribution in [0.5, 0.6) is 5.75 Å². The van der Waals surface area contributed by atoms with Crippen LogP contribution < -0.4 is 4.74 Å². The summed E-state index contributed by atoms with van der Waals surface area (Å²) in [7, 11) is 0. The molecule has 2 aromatic rings. The lowest BCUT2D eigenvalue weighted by molar-refractivity contribution is -0.179. The smallest absolute Gasteiger partial charge is 0.411 e. The number of halogens is 3. The van der Waals surface area contributed by atoms with Gasteiger partial charge in [0.1, 0.15) is 25.1 Å². The van der Waals surface area contributed by atoms with E-state index in [2.05, 4.69) is 21.6 Å². The van der Waals surface area contributed by atoms with Gasteiger partial charge in [0.05, 0.1) is 6.61 Å². The van der Waals surface area contributed by atoms with Crippen LogP contribution in [0.3, 0.4) is 0 Å². The average Bonchev–Trinajstić information content (AvgIpc) is 2.75. The van der Waals surface area contributed by atoms with Gasteiger partial charge >= 0.3 is 6.18 Å². The van der Waals surface area contributed by atoms with Gasteiger partial charge in [-0.25, -0.2) is 9.97 Å². The van der Waals surface area contributed by atoms with Crippen molar-refractivity contribution in [2.24, 2.45) is 0 Å². The van der Waals surface area contributed by atoms with Crippen molar-refractivity contribution in [3.63, 3.8) is 0 Å². The molecular formula is C23H31F3N2O3. The van der Waals surface area contributed by atoms with Crippen molar-refractivity contribution in [3.8, 4) is 17.1 Å². The van der Waals surface area contributed by atoms with Gasteiger partial charge in [-0.3, -0.25) is 0 Å². The Hall–Kier alpha value is -2.19. The van der Waals surface area contributed by atoms with Crippen LogP contribution in [0, 0.1) is 0 Å². The Kier molecular flexibility index (Phi) is 10.7. The van der Waals surface area contributed by atoms with Crippen LogP contribution in [0.25, 0.3) is 11.4 Å². The lowest BCUT2D eigenvalue weighted by Gasteiger charge is -2.14. The number of rotatable bonds is 14. The summed E-state index contributed by atoms with van der Waals surface area (Å²) in [5.41, 5.74) is 1.95. The molecule has 0 saturated heterocycles. The highest BCUT2D eigenvalue weighted by molar-refractivity contribution is 5.55. The summed E-state index contributed by atoms with van der Waals surface area (Å²) in [4.78, 5) is 8.87. The Morgan fingerprint density at radius 1 is 0.935 bits per heavy atom. The summed E-state index contributed by atoms with van der Waals surface area (Å²) in [5.74, 6) is 1.09. The molecule has 0 aliphatic rings. The monoisotopic (exact) mass is 440 g/mol. The Balaban J connectivity index is 1.73. The highest BCUT2D eigenvalue weighted by Crippen LogP contribution is 2.20. The third-order valence-corrected chi connectivity index (χ3v) is 4.66. The molecular weight excluding hydrogens is 409 g/mol. The molecule has 0 saturated carbocycles. The minimum Gasteiger partial charge on any atom is -0.491 e. The summed E-state index contributed by atoms with van der Waals surface area (Å²) >= 11 is 0. The van der Waals surface area contributed by atoms with E-state index in [-0.39, 0.29) is 6.61 Å². The number of aryl methyl sites for hydroxylation is 1. The average molecular weight is 441 g/mol. The molecule has 8 heteroatoms. The van der Waals surface area contributed by atoms with Gasteiger partial charge in [-0.05, 0) is 42.7 Å². The number of hydrogen-bond acceptors (Lipinski definition) is 5. The fourth-order valence-corrected chi connectivity index (χ4v) is 2.99. The number of nitrogens with zero attached hydrogens (tertiary/aromatic N) is 2. The first-order valence-corrected chi connectivity index (χ1v) is 10.7. The highest BCUT2D eigenvalue weighted by atomic mass is 19.4. The van der Waals surface area contributed by atoms with E-state index in [0.717, 1.165) is 24.0 Å². The predicted molar refractivity (Wildman–Crippen MR) is 113 cm³/mol. The van der Waals surface area contributed by atoms with E-state index >= 15 is 0 Å². The van der Waals surface area contributed by atoms with Crippen LogP contribution in [0.2, 0.25) is 0 Å². The largest absolute Gasteiger partial charge is 0.491 e. The highest BCUT2D eigenvalue weighted by Gasteiger charge is 2.27. The zero-order valence-electron chi connectivity index (χ0n) is 17.9. The standard InChI is InChI=1S/C23H31F3N2O3/c1-2-3-4-5-6-7-8-18-13-27-22(28-14-18)19-9-11-21(12-10-19)31-16-20(29)15-30-17-23(24,25)26/h9-14,20,29H,2-8,15-17H2,1H3/t20-/m1/s1. The normalized spacial score (nSPS) is 12.7. The fraction of sp³-hybridized carbons (Fsp3) is 0.565. The Morgan fingerprint density at radius 3 is 2.23 bits per heavy atom. The number of alkyl halides is 3. The number of aliphatic hydroxyl groups is 1. The maximum Gasteiger partial charge on any atom is 0.411 e. The van der Waals surface area contributed by atoms with Gasteiger partial charge in [-0.1, -0.05) is 39.0 Å². The lowest BCUT2D eigenvalue weighted by atomic mass is 10.1. The molecule has 1 aromatic carbocycles. The molecule has 0 radical (unpaired) electrons. The second-order valence-corrected chi connectivity index (χ2v) is 7.55. The van der Waals surface area contributed by atoms with Gasteiger partial charge in [0.15, 0.2) is 5.82 Å². The molecule has 1 aromatic heterocycles. The maximum absolute atomic E-state index is 12.0. The molecule has 5 nitrogen and oxygen atoms in total. The molecule has 31 heavy (non-hydrogen) atoms. The van der Waals surface area contributed by atoms with Crippen molar-refractivity contribution < 1.29 is 27.8 Å². The van der Waals surface area contributed by atoms with Gasteiger partial charge in [0.25, 0.3) is 0 Å². The minimum atomic E-state index is -4.41. The number of ether oxygens (including phenoxy) is 2. The van der Waals surface area contributed by atoms with Crippen molar-refractivity contribution in [2.45, 2.75) is 64.1 Å². The SMILES string of the molecule is CCCCCCCCc1cnc(-c2ccc(OC[C@H](O)COCC(F)(F)F)cc2)nc1. The van der Waals surface area contributed by atoms with E-state index in [0.29, 0.717) is 11.6 Å². The van der Waals surface area contributed by atoms with Gasteiger partial charge in [0, 0.05) is 18.0 Å². The Labute approximate surface area is 181 Å². The number of aliphatic hydroxyl groups excluding tert-OH is 1. The zero-order chi connectivity index (χ0) is 22.5. The number of unbranched alkanes of at least 4 members (excludes halogenated alkanes) is 5. The quantitative estimate of drug-likeness (QED) is 0.401. The lowest BCUT2D eigenvalue weighted by Crippen LogP contribution is -2.27. The summed E-state index contributed by atoms with van der Waals surface area (Å²) < 4.78 is 45.8. The van der Waals surface area contributed by atoms with Crippen LogP contribution in [0.15, 0.2) is 36.7 Å². The van der Waals surface area contributed by atoms with Gasteiger partial charge in [-0.2, -0.15) is 13.2 Å². The van der Waals surface area contributed by atoms with Crippen LogP contribution in [-0.2, 0) is 11.2 Å². The van der Waals surface area contributed by atoms with E-state index in [9.17, 15) is 18.3 Å². The van der Waals surface area contributed by atoms with E-state index < -0.39 is 25.5 Å². The van der Waals surface area contributed by atoms with E-state index in [1.165, 1.54) is 32.1 Å². The summed E-state index contributed by atoms with van der Waals surface area (Å²) in [6.07, 6.45) is 6.64. The van der Waals surface area contributed by atoms with Gasteiger partial charge < -0.3 is 14.6 Å². The van der Waals surface area contributed by atoms with E-state index in [1.54, 1.807) is 24.3 Å². The van der Waals surface area contributed by atoms with Gasteiger partial charge in [0.2, 0.25) is 0 Å². The summed E-state index contributed by atoms with van der Waals surface area (Å²) in [6.45, 7) is 0.208. The Bertz CT molecular complexity index is 737. The van der Waals surface area contributed by atoms with Crippen LogP contribution >= 0.6 is 0 Å². The molecule has 1 N–H and O–H groups in total. The third-order valence-electron chi connectivity index (χ3n) is 4.66. The van der Waals surface area contributed by atoms with Crippen LogP contribution in [0.4, 0.5) is 13.2 Å². The maximum atomic E-state index is 12.0. The predicted octanol–water partition coefficient (Wildman–Crippen LogP) is 5.37. The molecule has 172 valence electrons. The second kappa shape index (κ2) is 13.3. The van der Waals surface area contributed by atoms with Crippen LogP contribution in [-0.4, -0.2) is 47.2 Å². The second-order valence-electron chi connectivity index (χ2n) is 7.55. The number of hydrogen-bond donors (Lipinski definition) is 1. The minimum absolute atomic E-state index is 0.166. The van der Waals surface area contributed by atoms with Crippen molar-refractivity contribution in [2.75, 3.05) is 19.8 Å². The molecule has 0 fully saturated rings. The number of benzene rings is 1. The van der Waals surface area contributed by atoms with Crippen molar-refractivity contribution in [1.29, 1.82) is 0 Å². The molecule has 0 bridgehead atoms. The molecule has 0 aliphatic heterocycles. The molecule has 2 rings (SSSR count). The zero-order valence-corrected chi connectivity index (χ0v) is 17.9. The first-order valence-electron chi connectivity index (χ1n) is 10.7. The number of aromatic nitrogens is 2. The van der Waals surface area contributed by atoms with E-state index in [4.69, 9.17) is 4.74 Å². The third kappa shape index (κ3) is 10.6. The molecule has 0 amide bonds. The summed E-state index contributed by atoms with van der Waals surface area (Å²) in [5, 5.41) is 9.64. The Morgan fingerprint density at radius 2 is 1.58 bits per heavy atom. The summed E-state index contributed by atoms with van der Waals surface area (Å²) in [6, 6.07) is 6.99. The molecule has 0 aliphatic carbocycles. The molecule has 1 atom stereocenters. The van der Waals surface area contributed by atoms with Gasteiger partial charge in [-0.15, -0.1) is 0 Å².